The molecule has 0 radical (unpaired) electrons. The summed E-state index contributed by atoms with van der Waals surface area (Å²) < 4.78 is 0. The van der Waals surface area contributed by atoms with E-state index in [2.05, 4.69) is 24.9 Å². The summed E-state index contributed by atoms with van der Waals surface area (Å²) in [6, 6.07) is 0. The van der Waals surface area contributed by atoms with Gasteiger partial charge in [-0.3, -0.25) is 0 Å². The summed E-state index contributed by atoms with van der Waals surface area (Å²) in [6.45, 7) is 5.37. The van der Waals surface area contributed by atoms with Gasteiger partial charge in [0.2, 0.25) is 0 Å². The second kappa shape index (κ2) is 47.8. The molecule has 0 aromatic rings. The van der Waals surface area contributed by atoms with Crippen molar-refractivity contribution in [3.05, 3.63) is 11.5 Å². The minimum absolute atomic E-state index is 0.594. The molecule has 2 nitrogen and oxygen atoms in total. The van der Waals surface area contributed by atoms with Gasteiger partial charge in [0.15, 0.2) is 0 Å². The van der Waals surface area contributed by atoms with Crippen molar-refractivity contribution < 1.29 is 36.6 Å². The number of hydrogen-bond donors (Lipinski definition) is 0. The van der Waals surface area contributed by atoms with Crippen LogP contribution >= 0.6 is 0 Å². The molecule has 0 spiro atoms. The van der Waals surface area contributed by atoms with Crippen LogP contribution in [0, 0.1) is 0 Å². The Labute approximate surface area is 111 Å². The summed E-state index contributed by atoms with van der Waals surface area (Å²) in [6.07, 6.45) is 4.42. The molecule has 0 aromatic carbocycles. The summed E-state index contributed by atoms with van der Waals surface area (Å²) in [7, 11) is 0. The molecule has 4 heteroatoms. The average molecular weight is 305 g/mol. The van der Waals surface area contributed by atoms with Gasteiger partial charge in [0.1, 0.15) is 0 Å². The standard InChI is InChI=1S/2C4H10N.2CH3.2Zn/c2*1-2-3-4-5;;;;/h2*5H,2-4H2,1H3;2*1H3;;/q2*-1;;;2*+1. The fraction of sp³-hybridized carbons (Fsp3) is 1.00. The van der Waals surface area contributed by atoms with E-state index < -0.39 is 0 Å². The van der Waals surface area contributed by atoms with Gasteiger partial charge in [-0.25, -0.2) is 0 Å². The molecule has 0 heterocycles. The van der Waals surface area contributed by atoms with Gasteiger partial charge in [0.05, 0.1) is 0 Å². The minimum atomic E-state index is 0.594. The van der Waals surface area contributed by atoms with E-state index in [1.165, 1.54) is 36.6 Å². The predicted molar refractivity (Wildman–Crippen MR) is 59.9 cm³/mol. The number of hydrogen-bond acceptors (Lipinski definition) is 0. The molecule has 0 amide bonds. The number of rotatable bonds is 4. The Bertz CT molecular complexity index is 37.1. The molecule has 0 aromatic heterocycles. The molecule has 14 heavy (non-hydrogen) atoms. The Kier molecular flexibility index (Phi) is 83.4. The summed E-state index contributed by atoms with van der Waals surface area (Å²) in [5.41, 5.74) is 17.5. The third-order valence-electron chi connectivity index (χ3n) is 1.06. The van der Waals surface area contributed by atoms with Gasteiger partial charge in [-0.1, -0.05) is 39.5 Å². The molecule has 0 saturated heterocycles. The first-order chi connectivity index (χ1) is 6.83. The van der Waals surface area contributed by atoms with Crippen LogP contribution in [-0.2, 0) is 36.6 Å². The van der Waals surface area contributed by atoms with Crippen molar-refractivity contribution in [3.8, 4) is 0 Å². The van der Waals surface area contributed by atoms with Gasteiger partial charge < -0.3 is 11.5 Å². The zero-order chi connectivity index (χ0) is 12.2. The fourth-order valence-corrected chi connectivity index (χ4v) is 0.354. The monoisotopic (exact) mass is 302 g/mol. The Morgan fingerprint density at radius 3 is 0.929 bits per heavy atom. The van der Waals surface area contributed by atoms with Crippen LogP contribution in [0.15, 0.2) is 0 Å². The molecular formula is C10H26N2Zn2. The quantitative estimate of drug-likeness (QED) is 0.667. The van der Waals surface area contributed by atoms with Gasteiger partial charge in [0.25, 0.3) is 0 Å². The third-order valence-corrected chi connectivity index (χ3v) is 1.06. The van der Waals surface area contributed by atoms with Crippen LogP contribution in [0.5, 0.6) is 0 Å². The summed E-state index contributed by atoms with van der Waals surface area (Å²) >= 11 is 2.75. The van der Waals surface area contributed by atoms with Crippen molar-refractivity contribution in [1.82, 2.24) is 0 Å². The van der Waals surface area contributed by atoms with E-state index in [0.717, 1.165) is 25.7 Å². The Morgan fingerprint density at radius 2 is 0.929 bits per heavy atom. The Hall–Kier alpha value is 1.17. The molecular weight excluding hydrogens is 279 g/mol. The second-order valence-corrected chi connectivity index (χ2v) is 2.21. The maximum atomic E-state index is 6.60. The van der Waals surface area contributed by atoms with Gasteiger partial charge in [0, 0.05) is 0 Å². The SMILES string of the molecule is CCCC[NH-].CCCC[NH-].[CH3][Zn+].[CH3][Zn+]. The molecule has 80 valence electrons. The normalized spacial score (nSPS) is 7.00. The van der Waals surface area contributed by atoms with Crippen LogP contribution < -0.4 is 0 Å². The third kappa shape index (κ3) is 73.0. The maximum absolute atomic E-state index is 6.60. The molecule has 0 fully saturated rings. The predicted octanol–water partition coefficient (Wildman–Crippen LogP) is 4.84. The topological polar surface area (TPSA) is 47.6 Å². The molecule has 2 N–H and O–H groups in total. The van der Waals surface area contributed by atoms with Crippen molar-refractivity contribution in [2.75, 3.05) is 13.1 Å². The van der Waals surface area contributed by atoms with E-state index in [1.54, 1.807) is 0 Å². The first-order valence-electron chi connectivity index (χ1n) is 5.54. The van der Waals surface area contributed by atoms with E-state index in [9.17, 15) is 0 Å². The van der Waals surface area contributed by atoms with Crippen LogP contribution in [0.3, 0.4) is 0 Å². The van der Waals surface area contributed by atoms with Gasteiger partial charge in [-0.15, -0.1) is 0 Å². The van der Waals surface area contributed by atoms with Gasteiger partial charge in [-0.05, 0) is 0 Å². The van der Waals surface area contributed by atoms with Crippen molar-refractivity contribution in [3.63, 3.8) is 0 Å². The molecule has 0 saturated carbocycles. The van der Waals surface area contributed by atoms with Gasteiger partial charge >= 0.3 is 47.6 Å². The van der Waals surface area contributed by atoms with E-state index in [1.807, 2.05) is 0 Å². The van der Waals surface area contributed by atoms with E-state index in [-0.39, 0.29) is 0 Å². The fourth-order valence-electron chi connectivity index (χ4n) is 0.354. The van der Waals surface area contributed by atoms with Crippen LogP contribution in [0.2, 0.25) is 11.0 Å². The van der Waals surface area contributed by atoms with Crippen molar-refractivity contribution in [1.29, 1.82) is 0 Å². The Balaban J connectivity index is -0.0000000528. The average Bonchev–Trinajstić information content (AvgIpc) is 2.27. The number of unbranched alkanes of at least 4 members (excludes halogenated alkanes) is 2. The zero-order valence-corrected chi connectivity index (χ0v) is 16.6. The zero-order valence-electron chi connectivity index (χ0n) is 10.7. The van der Waals surface area contributed by atoms with Gasteiger partial charge in [-0.2, -0.15) is 13.1 Å². The molecule has 0 aliphatic heterocycles. The summed E-state index contributed by atoms with van der Waals surface area (Å²) in [5.74, 6) is 0. The summed E-state index contributed by atoms with van der Waals surface area (Å²) in [5, 5.41) is 0. The Morgan fingerprint density at radius 1 is 0.714 bits per heavy atom. The van der Waals surface area contributed by atoms with Crippen LogP contribution in [0.1, 0.15) is 39.5 Å². The van der Waals surface area contributed by atoms with E-state index in [0.29, 0.717) is 13.1 Å². The first-order valence-corrected chi connectivity index (χ1v) is 11.5. The van der Waals surface area contributed by atoms with Crippen LogP contribution in [-0.4, -0.2) is 13.1 Å². The van der Waals surface area contributed by atoms with Crippen LogP contribution in [0.4, 0.5) is 0 Å². The molecule has 0 atom stereocenters. The first kappa shape index (κ1) is 24.4. The van der Waals surface area contributed by atoms with E-state index >= 15 is 0 Å². The molecule has 0 aliphatic carbocycles. The van der Waals surface area contributed by atoms with Crippen molar-refractivity contribution in [2.45, 2.75) is 50.6 Å². The van der Waals surface area contributed by atoms with Crippen molar-refractivity contribution in [2.24, 2.45) is 0 Å². The molecule has 0 aliphatic rings. The van der Waals surface area contributed by atoms with Crippen LogP contribution in [0.25, 0.3) is 11.5 Å². The van der Waals surface area contributed by atoms with E-state index in [4.69, 9.17) is 11.5 Å². The number of nitrogens with one attached hydrogen (secondary N) is 2. The molecule has 0 rings (SSSR count). The molecule has 0 bridgehead atoms. The molecule has 0 unspecified atom stereocenters. The van der Waals surface area contributed by atoms with Crippen molar-refractivity contribution >= 4 is 0 Å². The second-order valence-electron chi connectivity index (χ2n) is 2.21. The summed E-state index contributed by atoms with van der Waals surface area (Å²) in [4.78, 5) is 0.